The van der Waals surface area contributed by atoms with Crippen molar-refractivity contribution in [3.05, 3.63) is 29.3 Å². The minimum atomic E-state index is 1.06. The Labute approximate surface area is 85.7 Å². The SMILES string of the molecule is CCNCCc1ccc2c(c1)NCC2. The van der Waals surface area contributed by atoms with Crippen LogP contribution in [0.3, 0.4) is 0 Å². The molecule has 1 aliphatic rings. The van der Waals surface area contributed by atoms with Gasteiger partial charge in [-0.1, -0.05) is 19.1 Å². The van der Waals surface area contributed by atoms with Crippen LogP contribution in [-0.4, -0.2) is 19.6 Å². The van der Waals surface area contributed by atoms with E-state index >= 15 is 0 Å². The van der Waals surface area contributed by atoms with Gasteiger partial charge in [-0.15, -0.1) is 0 Å². The Kier molecular flexibility index (Phi) is 3.04. The summed E-state index contributed by atoms with van der Waals surface area (Å²) in [7, 11) is 0. The van der Waals surface area contributed by atoms with Gasteiger partial charge in [-0.05, 0) is 43.1 Å². The smallest absolute Gasteiger partial charge is 0.0376 e. The summed E-state index contributed by atoms with van der Waals surface area (Å²) in [5.41, 5.74) is 4.25. The molecule has 76 valence electrons. The Morgan fingerprint density at radius 3 is 3.21 bits per heavy atom. The van der Waals surface area contributed by atoms with Crippen LogP contribution in [-0.2, 0) is 12.8 Å². The number of anilines is 1. The minimum Gasteiger partial charge on any atom is -0.384 e. The van der Waals surface area contributed by atoms with Gasteiger partial charge in [0.05, 0.1) is 0 Å². The van der Waals surface area contributed by atoms with Gasteiger partial charge in [-0.3, -0.25) is 0 Å². The maximum Gasteiger partial charge on any atom is 0.0376 e. The van der Waals surface area contributed by atoms with E-state index in [-0.39, 0.29) is 0 Å². The molecule has 0 amide bonds. The molecule has 0 atom stereocenters. The highest BCUT2D eigenvalue weighted by Crippen LogP contribution is 2.23. The van der Waals surface area contributed by atoms with Crippen LogP contribution in [0.2, 0.25) is 0 Å². The standard InChI is InChI=1S/C12H18N2/c1-2-13-7-5-10-3-4-11-6-8-14-12(11)9-10/h3-4,9,13-14H,2,5-8H2,1H3. The summed E-state index contributed by atoms with van der Waals surface area (Å²) >= 11 is 0. The summed E-state index contributed by atoms with van der Waals surface area (Å²) in [5, 5.41) is 6.75. The predicted molar refractivity (Wildman–Crippen MR) is 60.9 cm³/mol. The molecule has 0 aromatic heterocycles. The third-order valence-corrected chi connectivity index (χ3v) is 2.72. The van der Waals surface area contributed by atoms with Gasteiger partial charge in [0.2, 0.25) is 0 Å². The molecule has 2 nitrogen and oxygen atoms in total. The zero-order chi connectivity index (χ0) is 9.80. The number of likely N-dealkylation sites (N-methyl/N-ethyl adjacent to an activating group) is 1. The fourth-order valence-electron chi connectivity index (χ4n) is 1.90. The van der Waals surface area contributed by atoms with E-state index in [2.05, 4.69) is 35.8 Å². The fourth-order valence-corrected chi connectivity index (χ4v) is 1.90. The van der Waals surface area contributed by atoms with Crippen molar-refractivity contribution in [3.8, 4) is 0 Å². The van der Waals surface area contributed by atoms with E-state index in [1.807, 2.05) is 0 Å². The van der Waals surface area contributed by atoms with Crippen molar-refractivity contribution >= 4 is 5.69 Å². The lowest BCUT2D eigenvalue weighted by atomic mass is 10.1. The van der Waals surface area contributed by atoms with Crippen molar-refractivity contribution in [3.63, 3.8) is 0 Å². The summed E-state index contributed by atoms with van der Waals surface area (Å²) < 4.78 is 0. The second kappa shape index (κ2) is 4.47. The molecule has 0 unspecified atom stereocenters. The Bertz CT molecular complexity index is 307. The molecule has 0 saturated carbocycles. The van der Waals surface area contributed by atoms with Crippen molar-refractivity contribution in [2.75, 3.05) is 25.0 Å². The summed E-state index contributed by atoms with van der Waals surface area (Å²) in [6, 6.07) is 6.81. The molecule has 1 aliphatic heterocycles. The number of hydrogen-bond donors (Lipinski definition) is 2. The molecule has 2 heteroatoms. The van der Waals surface area contributed by atoms with Crippen molar-refractivity contribution in [2.24, 2.45) is 0 Å². The second-order valence-electron chi connectivity index (χ2n) is 3.77. The van der Waals surface area contributed by atoms with Gasteiger partial charge >= 0.3 is 0 Å². The molecule has 0 fully saturated rings. The largest absolute Gasteiger partial charge is 0.384 e. The molecule has 0 saturated heterocycles. The molecule has 14 heavy (non-hydrogen) atoms. The monoisotopic (exact) mass is 190 g/mol. The first-order valence-corrected chi connectivity index (χ1v) is 5.46. The van der Waals surface area contributed by atoms with Crippen molar-refractivity contribution < 1.29 is 0 Å². The van der Waals surface area contributed by atoms with E-state index < -0.39 is 0 Å². The molecule has 2 N–H and O–H groups in total. The maximum absolute atomic E-state index is 3.41. The van der Waals surface area contributed by atoms with E-state index in [9.17, 15) is 0 Å². The van der Waals surface area contributed by atoms with Gasteiger partial charge in [0.1, 0.15) is 0 Å². The van der Waals surface area contributed by atoms with Gasteiger partial charge in [-0.2, -0.15) is 0 Å². The normalized spacial score (nSPS) is 13.8. The van der Waals surface area contributed by atoms with Crippen molar-refractivity contribution in [1.82, 2.24) is 5.32 Å². The maximum atomic E-state index is 3.41. The zero-order valence-corrected chi connectivity index (χ0v) is 8.77. The molecule has 0 radical (unpaired) electrons. The molecule has 0 bridgehead atoms. The first-order chi connectivity index (χ1) is 6.90. The first kappa shape index (κ1) is 9.53. The first-order valence-electron chi connectivity index (χ1n) is 5.46. The van der Waals surface area contributed by atoms with Crippen LogP contribution in [0.4, 0.5) is 5.69 Å². The average Bonchev–Trinajstić information content (AvgIpc) is 2.65. The molecule has 1 aromatic rings. The topological polar surface area (TPSA) is 24.1 Å². The van der Waals surface area contributed by atoms with E-state index in [1.54, 1.807) is 0 Å². The molecule has 1 heterocycles. The van der Waals surface area contributed by atoms with E-state index in [0.717, 1.165) is 26.1 Å². The second-order valence-corrected chi connectivity index (χ2v) is 3.77. The Morgan fingerprint density at radius 1 is 1.43 bits per heavy atom. The molecule has 0 spiro atoms. The molecule has 0 aliphatic carbocycles. The lowest BCUT2D eigenvalue weighted by molar-refractivity contribution is 0.717. The quantitative estimate of drug-likeness (QED) is 0.708. The Balaban J connectivity index is 1.98. The summed E-state index contributed by atoms with van der Waals surface area (Å²) in [4.78, 5) is 0. The summed E-state index contributed by atoms with van der Waals surface area (Å²) in [6.45, 7) is 5.38. The average molecular weight is 190 g/mol. The van der Waals surface area contributed by atoms with E-state index in [1.165, 1.54) is 23.2 Å². The minimum absolute atomic E-state index is 1.06. The van der Waals surface area contributed by atoms with Gasteiger partial charge in [-0.25, -0.2) is 0 Å². The number of benzene rings is 1. The van der Waals surface area contributed by atoms with Crippen molar-refractivity contribution in [2.45, 2.75) is 19.8 Å². The third kappa shape index (κ3) is 2.07. The van der Waals surface area contributed by atoms with Gasteiger partial charge in [0, 0.05) is 12.2 Å². The highest BCUT2D eigenvalue weighted by atomic mass is 14.9. The van der Waals surface area contributed by atoms with Gasteiger partial charge in [0.15, 0.2) is 0 Å². The molecule has 1 aromatic carbocycles. The third-order valence-electron chi connectivity index (χ3n) is 2.72. The highest BCUT2D eigenvalue weighted by molar-refractivity contribution is 5.57. The number of hydrogen-bond acceptors (Lipinski definition) is 2. The van der Waals surface area contributed by atoms with Gasteiger partial charge in [0.25, 0.3) is 0 Å². The zero-order valence-electron chi connectivity index (χ0n) is 8.77. The van der Waals surface area contributed by atoms with Crippen LogP contribution in [0, 0.1) is 0 Å². The van der Waals surface area contributed by atoms with E-state index in [0.29, 0.717) is 0 Å². The highest BCUT2D eigenvalue weighted by Gasteiger charge is 2.09. The van der Waals surface area contributed by atoms with Crippen LogP contribution in [0.5, 0.6) is 0 Å². The summed E-state index contributed by atoms with van der Waals surface area (Å²) in [5.74, 6) is 0. The Hall–Kier alpha value is -1.02. The lowest BCUT2D eigenvalue weighted by Crippen LogP contribution is -2.16. The van der Waals surface area contributed by atoms with E-state index in [4.69, 9.17) is 0 Å². The summed E-state index contributed by atoms with van der Waals surface area (Å²) in [6.07, 6.45) is 2.31. The van der Waals surface area contributed by atoms with Crippen LogP contribution in [0.25, 0.3) is 0 Å². The molecular weight excluding hydrogens is 172 g/mol. The number of rotatable bonds is 4. The molecule has 2 rings (SSSR count). The molecular formula is C12H18N2. The Morgan fingerprint density at radius 2 is 2.36 bits per heavy atom. The predicted octanol–water partition coefficient (Wildman–Crippen LogP) is 1.81. The lowest BCUT2D eigenvalue weighted by Gasteiger charge is -2.05. The fraction of sp³-hybridized carbons (Fsp3) is 0.500. The number of nitrogens with one attached hydrogen (secondary N) is 2. The van der Waals surface area contributed by atoms with Crippen LogP contribution >= 0.6 is 0 Å². The van der Waals surface area contributed by atoms with Crippen molar-refractivity contribution in [1.29, 1.82) is 0 Å². The number of fused-ring (bicyclic) bond motifs is 1. The van der Waals surface area contributed by atoms with Gasteiger partial charge < -0.3 is 10.6 Å². The van der Waals surface area contributed by atoms with Crippen LogP contribution < -0.4 is 10.6 Å². The van der Waals surface area contributed by atoms with Crippen LogP contribution in [0.1, 0.15) is 18.1 Å². The van der Waals surface area contributed by atoms with Crippen LogP contribution in [0.15, 0.2) is 18.2 Å².